The quantitative estimate of drug-likeness (QED) is 0.440. The number of carbonyl (C=O) groups excluding carboxylic acids is 2. The number of carbonyl (C=O) groups is 2. The van der Waals surface area contributed by atoms with E-state index in [1.54, 1.807) is 6.08 Å². The molecule has 0 saturated heterocycles. The van der Waals surface area contributed by atoms with E-state index < -0.39 is 5.97 Å². The molecule has 0 N–H and O–H groups in total. The lowest BCUT2D eigenvalue weighted by Crippen LogP contribution is -2.12. The van der Waals surface area contributed by atoms with Crippen LogP contribution in [0.2, 0.25) is 0 Å². The number of aryl methyl sites for hydroxylation is 1. The van der Waals surface area contributed by atoms with Gasteiger partial charge in [-0.15, -0.1) is 6.58 Å². The van der Waals surface area contributed by atoms with Gasteiger partial charge in [0.25, 0.3) is 0 Å². The van der Waals surface area contributed by atoms with E-state index in [4.69, 9.17) is 0 Å². The van der Waals surface area contributed by atoms with E-state index in [0.717, 1.165) is 11.1 Å². The third-order valence-corrected chi connectivity index (χ3v) is 2.77. The molecule has 1 rings (SSSR count). The maximum atomic E-state index is 11.7. The zero-order chi connectivity index (χ0) is 13.5. The fraction of sp³-hybridized carbons (Fsp3) is 0.333. The normalized spacial score (nSPS) is 11.7. The highest BCUT2D eigenvalue weighted by molar-refractivity contribution is 5.95. The molecule has 0 saturated carbocycles. The molecule has 0 heterocycles. The van der Waals surface area contributed by atoms with Crippen molar-refractivity contribution in [3.63, 3.8) is 0 Å². The van der Waals surface area contributed by atoms with Crippen molar-refractivity contribution in [1.82, 2.24) is 0 Å². The summed E-state index contributed by atoms with van der Waals surface area (Å²) in [5.74, 6) is -0.678. The first-order valence-electron chi connectivity index (χ1n) is 5.84. The van der Waals surface area contributed by atoms with Gasteiger partial charge >= 0.3 is 5.97 Å². The van der Waals surface area contributed by atoms with Crippen LogP contribution in [0.25, 0.3) is 0 Å². The topological polar surface area (TPSA) is 43.4 Å². The molecule has 96 valence electrons. The van der Waals surface area contributed by atoms with Gasteiger partial charge in [0.05, 0.1) is 7.11 Å². The van der Waals surface area contributed by atoms with Gasteiger partial charge in [0, 0.05) is 12.3 Å². The van der Waals surface area contributed by atoms with Gasteiger partial charge in [-0.25, -0.2) is 0 Å². The Hall–Kier alpha value is -1.90. The van der Waals surface area contributed by atoms with E-state index in [1.165, 1.54) is 7.11 Å². The monoisotopic (exact) mass is 246 g/mol. The lowest BCUT2D eigenvalue weighted by molar-refractivity contribution is -0.143. The Bertz CT molecular complexity index is 449. The van der Waals surface area contributed by atoms with Crippen LogP contribution >= 0.6 is 0 Å². The smallest absolute Gasteiger partial charge is 0.313 e. The highest BCUT2D eigenvalue weighted by Gasteiger charge is 2.16. The van der Waals surface area contributed by atoms with Crippen LogP contribution in [0.3, 0.4) is 0 Å². The lowest BCUT2D eigenvalue weighted by Gasteiger charge is -2.12. The summed E-state index contributed by atoms with van der Waals surface area (Å²) in [7, 11) is 1.28. The van der Waals surface area contributed by atoms with Crippen LogP contribution in [0, 0.1) is 6.92 Å². The number of hydrogen-bond donors (Lipinski definition) is 0. The number of rotatable bonds is 6. The molecule has 0 unspecified atom stereocenters. The Kier molecular flexibility index (Phi) is 5.31. The summed E-state index contributed by atoms with van der Waals surface area (Å²) in [4.78, 5) is 22.7. The van der Waals surface area contributed by atoms with Gasteiger partial charge in [0.1, 0.15) is 12.2 Å². The molecule has 0 aliphatic rings. The summed E-state index contributed by atoms with van der Waals surface area (Å²) in [5.41, 5.74) is 2.18. The van der Waals surface area contributed by atoms with Gasteiger partial charge in [-0.2, -0.15) is 0 Å². The summed E-state index contributed by atoms with van der Waals surface area (Å²) in [6.45, 7) is 5.75. The first-order chi connectivity index (χ1) is 8.56. The maximum absolute atomic E-state index is 11.7. The van der Waals surface area contributed by atoms with E-state index in [9.17, 15) is 9.59 Å². The van der Waals surface area contributed by atoms with Crippen LogP contribution in [0.1, 0.15) is 29.9 Å². The van der Waals surface area contributed by atoms with Crippen LogP contribution in [0.15, 0.2) is 36.9 Å². The second-order valence-corrected chi connectivity index (χ2v) is 4.25. The zero-order valence-corrected chi connectivity index (χ0v) is 10.8. The summed E-state index contributed by atoms with van der Waals surface area (Å²) in [5, 5.41) is 0. The Morgan fingerprint density at radius 3 is 2.72 bits per heavy atom. The number of benzene rings is 1. The number of ether oxygens (including phenoxy) is 1. The average Bonchev–Trinajstić information content (AvgIpc) is 2.35. The van der Waals surface area contributed by atoms with Gasteiger partial charge in [-0.05, 0) is 12.5 Å². The minimum atomic E-state index is -0.493. The molecular formula is C15H18O3. The number of Topliss-reactive ketones (excluding diaryl/α,β-unsaturated/α-hetero) is 1. The summed E-state index contributed by atoms with van der Waals surface area (Å²) in [6, 6.07) is 7.94. The molecule has 0 radical (unpaired) electrons. The van der Waals surface area contributed by atoms with Crippen LogP contribution in [-0.4, -0.2) is 18.9 Å². The third-order valence-electron chi connectivity index (χ3n) is 2.77. The Morgan fingerprint density at radius 2 is 2.17 bits per heavy atom. The number of ketones is 1. The summed E-state index contributed by atoms with van der Waals surface area (Å²) >= 11 is 0. The van der Waals surface area contributed by atoms with Crippen molar-refractivity contribution in [2.24, 2.45) is 0 Å². The van der Waals surface area contributed by atoms with Crippen molar-refractivity contribution in [2.75, 3.05) is 7.11 Å². The molecular weight excluding hydrogens is 228 g/mol. The van der Waals surface area contributed by atoms with E-state index >= 15 is 0 Å². The molecule has 1 aromatic rings. The standard InChI is InChI=1S/C15H18O3/c1-4-12(9-14(16)10-15(17)18-3)13-7-5-6-11(2)8-13/h4-8,12H,1,9-10H2,2-3H3/t12-/m1/s1. The fourth-order valence-electron chi connectivity index (χ4n) is 1.79. The molecule has 0 bridgehead atoms. The Morgan fingerprint density at radius 1 is 1.44 bits per heavy atom. The van der Waals surface area contributed by atoms with Crippen molar-refractivity contribution in [2.45, 2.75) is 25.7 Å². The van der Waals surface area contributed by atoms with Gasteiger partial charge in [0.15, 0.2) is 0 Å². The Labute approximate surface area is 107 Å². The van der Waals surface area contributed by atoms with E-state index in [0.29, 0.717) is 0 Å². The predicted octanol–water partition coefficient (Wildman–Crippen LogP) is 2.79. The number of allylic oxidation sites excluding steroid dienone is 1. The second-order valence-electron chi connectivity index (χ2n) is 4.25. The minimum Gasteiger partial charge on any atom is -0.469 e. The fourth-order valence-corrected chi connectivity index (χ4v) is 1.79. The molecule has 18 heavy (non-hydrogen) atoms. The predicted molar refractivity (Wildman–Crippen MR) is 70.4 cm³/mol. The van der Waals surface area contributed by atoms with Gasteiger partial charge in [-0.1, -0.05) is 35.9 Å². The third kappa shape index (κ3) is 4.17. The van der Waals surface area contributed by atoms with Crippen LogP contribution in [-0.2, 0) is 14.3 Å². The molecule has 0 amide bonds. The minimum absolute atomic E-state index is 0.0537. The lowest BCUT2D eigenvalue weighted by atomic mass is 9.92. The number of hydrogen-bond acceptors (Lipinski definition) is 3. The van der Waals surface area contributed by atoms with E-state index in [2.05, 4.69) is 11.3 Å². The highest BCUT2D eigenvalue weighted by atomic mass is 16.5. The van der Waals surface area contributed by atoms with Gasteiger partial charge in [0.2, 0.25) is 0 Å². The first-order valence-corrected chi connectivity index (χ1v) is 5.84. The second kappa shape index (κ2) is 6.74. The molecule has 0 aliphatic carbocycles. The van der Waals surface area contributed by atoms with Crippen molar-refractivity contribution in [3.8, 4) is 0 Å². The molecule has 0 aliphatic heterocycles. The van der Waals surface area contributed by atoms with Crippen molar-refractivity contribution >= 4 is 11.8 Å². The first kappa shape index (κ1) is 14.2. The Balaban J connectivity index is 2.70. The molecule has 3 nitrogen and oxygen atoms in total. The van der Waals surface area contributed by atoms with Crippen molar-refractivity contribution in [3.05, 3.63) is 48.0 Å². The number of methoxy groups -OCH3 is 1. The van der Waals surface area contributed by atoms with Crippen molar-refractivity contribution < 1.29 is 14.3 Å². The van der Waals surface area contributed by atoms with Gasteiger partial charge in [-0.3, -0.25) is 9.59 Å². The summed E-state index contributed by atoms with van der Waals surface area (Å²) in [6.07, 6.45) is 1.85. The highest BCUT2D eigenvalue weighted by Crippen LogP contribution is 2.22. The van der Waals surface area contributed by atoms with E-state index in [-0.39, 0.29) is 24.5 Å². The van der Waals surface area contributed by atoms with Crippen LogP contribution in [0.4, 0.5) is 0 Å². The molecule has 3 heteroatoms. The largest absolute Gasteiger partial charge is 0.469 e. The van der Waals surface area contributed by atoms with Crippen LogP contribution in [0.5, 0.6) is 0 Å². The van der Waals surface area contributed by atoms with Gasteiger partial charge < -0.3 is 4.74 Å². The number of esters is 1. The molecule has 0 fully saturated rings. The van der Waals surface area contributed by atoms with Crippen LogP contribution < -0.4 is 0 Å². The molecule has 1 aromatic carbocycles. The van der Waals surface area contributed by atoms with E-state index in [1.807, 2.05) is 31.2 Å². The molecule has 1 atom stereocenters. The molecule has 0 spiro atoms. The summed E-state index contributed by atoms with van der Waals surface area (Å²) < 4.78 is 4.48. The SMILES string of the molecule is C=C[C@H](CC(=O)CC(=O)OC)c1cccc(C)c1. The average molecular weight is 246 g/mol. The zero-order valence-electron chi connectivity index (χ0n) is 10.8. The maximum Gasteiger partial charge on any atom is 0.313 e. The van der Waals surface area contributed by atoms with Crippen molar-refractivity contribution in [1.29, 1.82) is 0 Å². The molecule has 0 aromatic heterocycles.